The van der Waals surface area contributed by atoms with Crippen LogP contribution in [0.4, 0.5) is 0 Å². The number of hydrogen-bond donors (Lipinski definition) is 1. The second-order valence-corrected chi connectivity index (χ2v) is 3.64. The minimum atomic E-state index is -0.811. The van der Waals surface area contributed by atoms with Crippen molar-refractivity contribution >= 4 is 5.97 Å². The average Bonchev–Trinajstić information content (AvgIpc) is 1.84. The number of carboxylic acids is 1. The van der Waals surface area contributed by atoms with Crippen LogP contribution in [0.3, 0.4) is 0 Å². The summed E-state index contributed by atoms with van der Waals surface area (Å²) in [6.45, 7) is 7.73. The molecule has 0 aromatic heterocycles. The van der Waals surface area contributed by atoms with Crippen LogP contribution in [0.15, 0.2) is 0 Å². The first-order valence-electron chi connectivity index (χ1n) is 4.27. The van der Waals surface area contributed by atoms with E-state index < -0.39 is 5.97 Å². The second kappa shape index (κ2) is 4.45. The Balaban J connectivity index is 3.83. The van der Waals surface area contributed by atoms with Crippen LogP contribution in [0.2, 0.25) is 0 Å². The molecule has 1 N–H and O–H groups in total. The Morgan fingerprint density at radius 2 is 2.08 bits per heavy atom. The molecule has 0 aliphatic carbocycles. The zero-order valence-electron chi connectivity index (χ0n) is 8.26. The molecule has 0 heterocycles. The van der Waals surface area contributed by atoms with Gasteiger partial charge in [0.1, 0.15) is 0 Å². The minimum absolute atomic E-state index is 0.0728. The number of carboxylic acid groups (broad SMARTS) is 1. The van der Waals surface area contributed by atoms with Crippen molar-refractivity contribution in [1.82, 2.24) is 0 Å². The van der Waals surface area contributed by atoms with Crippen molar-refractivity contribution < 1.29 is 14.6 Å². The first-order valence-corrected chi connectivity index (χ1v) is 4.27. The van der Waals surface area contributed by atoms with Crippen molar-refractivity contribution in [3.05, 3.63) is 0 Å². The van der Waals surface area contributed by atoms with Gasteiger partial charge in [-0.1, -0.05) is 6.92 Å². The fourth-order valence-electron chi connectivity index (χ4n) is 0.916. The number of carbonyl (C=O) groups is 1. The Labute approximate surface area is 73.7 Å². The molecule has 3 nitrogen and oxygen atoms in total. The predicted octanol–water partition coefficient (Wildman–Crippen LogP) is 2.05. The van der Waals surface area contributed by atoms with Crippen LogP contribution in [-0.2, 0) is 9.53 Å². The van der Waals surface area contributed by atoms with E-state index in [4.69, 9.17) is 9.84 Å². The van der Waals surface area contributed by atoms with Gasteiger partial charge in [-0.2, -0.15) is 0 Å². The summed E-state index contributed by atoms with van der Waals surface area (Å²) in [5.41, 5.74) is -0.213. The van der Waals surface area contributed by atoms with Crippen LogP contribution in [0.1, 0.15) is 40.5 Å². The van der Waals surface area contributed by atoms with Crippen molar-refractivity contribution in [3.63, 3.8) is 0 Å². The van der Waals surface area contributed by atoms with E-state index >= 15 is 0 Å². The van der Waals surface area contributed by atoms with Crippen LogP contribution in [0.5, 0.6) is 0 Å². The fraction of sp³-hybridized carbons (Fsp3) is 0.889. The quantitative estimate of drug-likeness (QED) is 0.694. The highest BCUT2D eigenvalue weighted by molar-refractivity contribution is 5.67. The second-order valence-electron chi connectivity index (χ2n) is 3.64. The first-order chi connectivity index (χ1) is 5.37. The molecule has 0 unspecified atom stereocenters. The Morgan fingerprint density at radius 3 is 2.42 bits per heavy atom. The van der Waals surface area contributed by atoms with Crippen molar-refractivity contribution in [3.8, 4) is 0 Å². The molecule has 0 aromatic carbocycles. The summed E-state index contributed by atoms with van der Waals surface area (Å²) < 4.78 is 5.52. The van der Waals surface area contributed by atoms with E-state index in [0.29, 0.717) is 0 Å². The van der Waals surface area contributed by atoms with Crippen LogP contribution < -0.4 is 0 Å². The highest BCUT2D eigenvalue weighted by Crippen LogP contribution is 2.17. The van der Waals surface area contributed by atoms with Crippen LogP contribution in [-0.4, -0.2) is 22.8 Å². The summed E-state index contributed by atoms with van der Waals surface area (Å²) >= 11 is 0. The molecule has 0 aromatic rings. The molecule has 0 radical (unpaired) electrons. The summed E-state index contributed by atoms with van der Waals surface area (Å²) in [5.74, 6) is -0.811. The van der Waals surface area contributed by atoms with Crippen LogP contribution in [0.25, 0.3) is 0 Å². The Hall–Kier alpha value is -0.570. The minimum Gasteiger partial charge on any atom is -0.481 e. The topological polar surface area (TPSA) is 46.5 Å². The number of rotatable bonds is 5. The molecule has 0 spiro atoms. The van der Waals surface area contributed by atoms with Gasteiger partial charge >= 0.3 is 5.97 Å². The highest BCUT2D eigenvalue weighted by atomic mass is 16.5. The maximum Gasteiger partial charge on any atom is 0.305 e. The lowest BCUT2D eigenvalue weighted by atomic mass is 10.1. The van der Waals surface area contributed by atoms with Gasteiger partial charge in [0.05, 0.1) is 18.1 Å². The molecule has 72 valence electrons. The Morgan fingerprint density at radius 1 is 1.58 bits per heavy atom. The van der Waals surface area contributed by atoms with Gasteiger partial charge in [-0.3, -0.25) is 4.79 Å². The van der Waals surface area contributed by atoms with E-state index in [1.165, 1.54) is 0 Å². The molecular formula is C9H18O3. The standard InChI is InChI=1S/C9H18O3/c1-5-9(3,4)12-7(2)6-8(10)11/h7H,5-6H2,1-4H3,(H,10,11)/t7-/m1/s1. The molecule has 3 heteroatoms. The maximum atomic E-state index is 10.3. The average molecular weight is 174 g/mol. The van der Waals surface area contributed by atoms with Gasteiger partial charge in [-0.25, -0.2) is 0 Å². The molecule has 0 aliphatic rings. The van der Waals surface area contributed by atoms with Gasteiger partial charge in [0, 0.05) is 0 Å². The van der Waals surface area contributed by atoms with E-state index in [9.17, 15) is 4.79 Å². The van der Waals surface area contributed by atoms with E-state index in [2.05, 4.69) is 0 Å². The van der Waals surface area contributed by atoms with E-state index in [1.807, 2.05) is 20.8 Å². The molecule has 0 saturated carbocycles. The van der Waals surface area contributed by atoms with Crippen LogP contribution >= 0.6 is 0 Å². The van der Waals surface area contributed by atoms with Crippen molar-refractivity contribution in [2.75, 3.05) is 0 Å². The maximum absolute atomic E-state index is 10.3. The molecule has 0 rings (SSSR count). The van der Waals surface area contributed by atoms with E-state index in [-0.39, 0.29) is 18.1 Å². The molecule has 0 aliphatic heterocycles. The summed E-state index contributed by atoms with van der Waals surface area (Å²) in [6.07, 6.45) is 0.748. The summed E-state index contributed by atoms with van der Waals surface area (Å²) in [7, 11) is 0. The number of hydrogen-bond acceptors (Lipinski definition) is 2. The smallest absolute Gasteiger partial charge is 0.305 e. The third-order valence-electron chi connectivity index (χ3n) is 1.83. The third-order valence-corrected chi connectivity index (χ3v) is 1.83. The van der Waals surface area contributed by atoms with Gasteiger partial charge < -0.3 is 9.84 Å². The van der Waals surface area contributed by atoms with E-state index in [1.54, 1.807) is 6.92 Å². The number of aliphatic carboxylic acids is 1. The largest absolute Gasteiger partial charge is 0.481 e. The van der Waals surface area contributed by atoms with Gasteiger partial charge in [-0.15, -0.1) is 0 Å². The lowest BCUT2D eigenvalue weighted by Gasteiger charge is -2.27. The number of ether oxygens (including phenoxy) is 1. The highest BCUT2D eigenvalue weighted by Gasteiger charge is 2.20. The fourth-order valence-corrected chi connectivity index (χ4v) is 0.916. The van der Waals surface area contributed by atoms with Crippen molar-refractivity contribution in [2.24, 2.45) is 0 Å². The monoisotopic (exact) mass is 174 g/mol. The molecule has 12 heavy (non-hydrogen) atoms. The van der Waals surface area contributed by atoms with Crippen LogP contribution in [0, 0.1) is 0 Å². The zero-order chi connectivity index (χ0) is 9.78. The predicted molar refractivity (Wildman–Crippen MR) is 47.2 cm³/mol. The Bertz CT molecular complexity index is 152. The Kier molecular flexibility index (Phi) is 4.24. The lowest BCUT2D eigenvalue weighted by molar-refractivity contribution is -0.143. The van der Waals surface area contributed by atoms with Crippen molar-refractivity contribution in [1.29, 1.82) is 0 Å². The normalized spacial score (nSPS) is 14.3. The molecule has 0 bridgehead atoms. The summed E-state index contributed by atoms with van der Waals surface area (Å²) in [5, 5.41) is 8.47. The summed E-state index contributed by atoms with van der Waals surface area (Å²) in [6, 6.07) is 0. The van der Waals surface area contributed by atoms with Gasteiger partial charge in [0.25, 0.3) is 0 Å². The molecule has 0 saturated heterocycles. The SMILES string of the molecule is CCC(C)(C)O[C@H](C)CC(=O)O. The van der Waals surface area contributed by atoms with Crippen molar-refractivity contribution in [2.45, 2.75) is 52.2 Å². The molecule has 0 fully saturated rings. The third kappa shape index (κ3) is 5.13. The van der Waals surface area contributed by atoms with Gasteiger partial charge in [0.2, 0.25) is 0 Å². The van der Waals surface area contributed by atoms with Gasteiger partial charge in [-0.05, 0) is 27.2 Å². The lowest BCUT2D eigenvalue weighted by Crippen LogP contribution is -2.29. The molecule has 1 atom stereocenters. The van der Waals surface area contributed by atoms with Gasteiger partial charge in [0.15, 0.2) is 0 Å². The molecule has 0 amide bonds. The summed E-state index contributed by atoms with van der Waals surface area (Å²) in [4.78, 5) is 10.3. The molecular weight excluding hydrogens is 156 g/mol. The zero-order valence-corrected chi connectivity index (χ0v) is 8.26. The first kappa shape index (κ1) is 11.4. The van der Waals surface area contributed by atoms with E-state index in [0.717, 1.165) is 6.42 Å².